The molecule has 0 bridgehead atoms. The van der Waals surface area contributed by atoms with Gasteiger partial charge in [0.2, 0.25) is 0 Å². The molecule has 0 spiro atoms. The molecule has 2 atom stereocenters. The maximum absolute atomic E-state index is 16.6. The highest BCUT2D eigenvalue weighted by Gasteiger charge is 2.53. The highest BCUT2D eigenvalue weighted by molar-refractivity contribution is 7.72. The number of fused-ring (bicyclic) bond motifs is 9. The molecule has 8 aromatic rings. The molecule has 3 heterocycles. The Labute approximate surface area is 267 Å². The van der Waals surface area contributed by atoms with Gasteiger partial charge in [-0.2, -0.15) is 0 Å². The highest BCUT2D eigenvalue weighted by Crippen LogP contribution is 2.68. The van der Waals surface area contributed by atoms with Crippen LogP contribution >= 0.6 is 7.44 Å². The second kappa shape index (κ2) is 9.57. The van der Waals surface area contributed by atoms with Gasteiger partial charge in [-0.15, -0.1) is 0 Å². The number of nitrogens with zero attached hydrogens (tertiary/aromatic N) is 2. The molecule has 3 nitrogen and oxygen atoms in total. The zero-order valence-electron chi connectivity index (χ0n) is 25.0. The van der Waals surface area contributed by atoms with Gasteiger partial charge < -0.3 is 0 Å². The quantitative estimate of drug-likeness (QED) is 0.187. The largest absolute Gasteiger partial charge is 0.297 e. The van der Waals surface area contributed by atoms with Crippen molar-refractivity contribution < 1.29 is 4.57 Å². The monoisotopic (exact) mass is 608 g/mol. The SMILES string of the molecule is O=P1(c2cc(-c3ccccc3)cc(-c3ccccc3)c2)N2c3cc4ccccc4cc3CC2c2cc3cc4ccccc4cc3n21. The molecule has 2 aliphatic heterocycles. The maximum atomic E-state index is 16.6. The number of rotatable bonds is 3. The van der Waals surface area contributed by atoms with Gasteiger partial charge in [0.15, 0.2) is 0 Å². The zero-order chi connectivity index (χ0) is 30.4. The Morgan fingerprint density at radius 1 is 0.500 bits per heavy atom. The first-order chi connectivity index (χ1) is 22.6. The average Bonchev–Trinajstić information content (AvgIpc) is 3.75. The van der Waals surface area contributed by atoms with Crippen LogP contribution in [0, 0.1) is 0 Å². The standard InChI is InChI=1S/C42H29N2OP/c45-46(38-22-34(28-11-3-1-4-12-28)21-35(23-38)29-13-5-2-6-14-29)43-39-24-32-17-9-7-15-30(32)19-36(39)26-41(43)42-27-37-20-31-16-8-10-18-33(31)25-40(37)44(42)46/h1-26,42H,27H2. The topological polar surface area (TPSA) is 25.2 Å². The normalized spacial score (nSPS) is 18.3. The molecule has 10 rings (SSSR count). The molecular weight excluding hydrogens is 579 g/mol. The molecule has 0 N–H and O–H groups in total. The van der Waals surface area contributed by atoms with Crippen molar-refractivity contribution >= 4 is 50.9 Å². The number of anilines is 1. The fourth-order valence-electron chi connectivity index (χ4n) is 7.83. The third-order valence-corrected chi connectivity index (χ3v) is 12.9. The third kappa shape index (κ3) is 3.64. The van der Waals surface area contributed by atoms with Crippen LogP contribution in [0.2, 0.25) is 0 Å². The fourth-order valence-corrected chi connectivity index (χ4v) is 11.1. The van der Waals surface area contributed by atoms with E-state index in [4.69, 9.17) is 0 Å². The van der Waals surface area contributed by atoms with Gasteiger partial charge in [-0.3, -0.25) is 13.6 Å². The lowest BCUT2D eigenvalue weighted by molar-refractivity contribution is 0.576. The van der Waals surface area contributed by atoms with Crippen molar-refractivity contribution in [3.63, 3.8) is 0 Å². The van der Waals surface area contributed by atoms with Gasteiger partial charge in [-0.1, -0.05) is 109 Å². The molecule has 1 aromatic heterocycles. The molecule has 2 aliphatic rings. The Morgan fingerprint density at radius 3 is 1.67 bits per heavy atom. The average molecular weight is 609 g/mol. The Kier molecular flexibility index (Phi) is 5.39. The van der Waals surface area contributed by atoms with E-state index in [2.05, 4.69) is 155 Å². The van der Waals surface area contributed by atoms with Gasteiger partial charge >= 0.3 is 0 Å². The molecule has 2 unspecified atom stereocenters. The van der Waals surface area contributed by atoms with Gasteiger partial charge in [0.1, 0.15) is 0 Å². The van der Waals surface area contributed by atoms with Crippen LogP contribution in [0.3, 0.4) is 0 Å². The van der Waals surface area contributed by atoms with Crippen LogP contribution in [0.1, 0.15) is 17.3 Å². The molecule has 4 heteroatoms. The molecule has 0 radical (unpaired) electrons. The fraction of sp³-hybridized carbons (Fsp3) is 0.0476. The summed E-state index contributed by atoms with van der Waals surface area (Å²) in [6.07, 6.45) is 0.823. The van der Waals surface area contributed by atoms with Crippen molar-refractivity contribution in [1.29, 1.82) is 0 Å². The van der Waals surface area contributed by atoms with E-state index in [1.165, 1.54) is 21.7 Å². The Bertz CT molecular complexity index is 2490. The summed E-state index contributed by atoms with van der Waals surface area (Å²) in [7, 11) is -3.45. The van der Waals surface area contributed by atoms with Crippen LogP contribution in [0.4, 0.5) is 5.69 Å². The number of hydrogen-bond acceptors (Lipinski definition) is 1. The number of aromatic nitrogens is 1. The molecule has 7 aromatic carbocycles. The Balaban J connectivity index is 1.30. The molecule has 0 saturated carbocycles. The van der Waals surface area contributed by atoms with E-state index >= 15 is 4.57 Å². The van der Waals surface area contributed by atoms with Crippen molar-refractivity contribution in [3.8, 4) is 22.3 Å². The molecule has 46 heavy (non-hydrogen) atoms. The third-order valence-electron chi connectivity index (χ3n) is 9.95. The van der Waals surface area contributed by atoms with Crippen molar-refractivity contribution in [2.45, 2.75) is 12.5 Å². The number of benzene rings is 7. The van der Waals surface area contributed by atoms with E-state index in [1.807, 2.05) is 12.1 Å². The van der Waals surface area contributed by atoms with Crippen LogP contribution in [0.5, 0.6) is 0 Å². The van der Waals surface area contributed by atoms with Crippen molar-refractivity contribution in [1.82, 2.24) is 4.34 Å². The van der Waals surface area contributed by atoms with Gasteiger partial charge in [0.25, 0.3) is 7.44 Å². The van der Waals surface area contributed by atoms with Gasteiger partial charge in [0, 0.05) is 17.5 Å². The summed E-state index contributed by atoms with van der Waals surface area (Å²) in [4.78, 5) is 0. The minimum Gasteiger partial charge on any atom is -0.293 e. The van der Waals surface area contributed by atoms with Crippen LogP contribution in [0.15, 0.2) is 158 Å². The first-order valence-corrected chi connectivity index (χ1v) is 17.5. The van der Waals surface area contributed by atoms with E-state index in [1.54, 1.807) is 0 Å². The molecule has 0 saturated heterocycles. The second-order valence-corrected chi connectivity index (χ2v) is 15.0. The lowest BCUT2D eigenvalue weighted by Gasteiger charge is -2.30. The van der Waals surface area contributed by atoms with Gasteiger partial charge in [0.05, 0.1) is 22.6 Å². The van der Waals surface area contributed by atoms with Gasteiger partial charge in [-0.05, 0) is 97.9 Å². The van der Waals surface area contributed by atoms with E-state index in [0.29, 0.717) is 0 Å². The smallest absolute Gasteiger partial charge is 0.293 e. The second-order valence-electron chi connectivity index (χ2n) is 12.6. The lowest BCUT2D eigenvalue weighted by Crippen LogP contribution is -2.24. The van der Waals surface area contributed by atoms with Crippen LogP contribution in [-0.2, 0) is 11.0 Å². The van der Waals surface area contributed by atoms with Gasteiger partial charge in [-0.25, -0.2) is 0 Å². The summed E-state index contributed by atoms with van der Waals surface area (Å²) in [5.74, 6) is 0. The molecule has 0 fully saturated rings. The summed E-state index contributed by atoms with van der Waals surface area (Å²) in [5.41, 5.74) is 8.85. The Hall–Kier alpha value is -5.37. The summed E-state index contributed by atoms with van der Waals surface area (Å²) in [5, 5.41) is 6.74. The first kappa shape index (κ1) is 25.9. The molecule has 0 amide bonds. The molecular formula is C42H29N2OP. The summed E-state index contributed by atoms with van der Waals surface area (Å²) in [6.45, 7) is 0. The predicted octanol–water partition coefficient (Wildman–Crippen LogP) is 10.8. The summed E-state index contributed by atoms with van der Waals surface area (Å²) >= 11 is 0. The number of hydrogen-bond donors (Lipinski definition) is 0. The van der Waals surface area contributed by atoms with E-state index in [0.717, 1.165) is 61.6 Å². The summed E-state index contributed by atoms with van der Waals surface area (Å²) < 4.78 is 21.1. The minimum absolute atomic E-state index is 0.0197. The van der Waals surface area contributed by atoms with E-state index in [-0.39, 0.29) is 6.04 Å². The van der Waals surface area contributed by atoms with Crippen LogP contribution < -0.4 is 9.97 Å². The van der Waals surface area contributed by atoms with Crippen LogP contribution in [0.25, 0.3) is 54.7 Å². The predicted molar refractivity (Wildman–Crippen MR) is 192 cm³/mol. The van der Waals surface area contributed by atoms with E-state index in [9.17, 15) is 0 Å². The van der Waals surface area contributed by atoms with Crippen LogP contribution in [-0.4, -0.2) is 4.34 Å². The summed E-state index contributed by atoms with van der Waals surface area (Å²) in [6, 6.07) is 55.9. The first-order valence-electron chi connectivity index (χ1n) is 15.9. The highest BCUT2D eigenvalue weighted by atomic mass is 31.2. The molecule has 218 valence electrons. The molecule has 0 aliphatic carbocycles. The van der Waals surface area contributed by atoms with Crippen molar-refractivity contribution in [3.05, 3.63) is 169 Å². The Morgan fingerprint density at radius 2 is 1.04 bits per heavy atom. The minimum atomic E-state index is -3.45. The van der Waals surface area contributed by atoms with E-state index < -0.39 is 7.44 Å². The maximum Gasteiger partial charge on any atom is 0.297 e. The van der Waals surface area contributed by atoms with Crippen molar-refractivity contribution in [2.75, 3.05) is 4.67 Å². The van der Waals surface area contributed by atoms with Crippen molar-refractivity contribution in [2.24, 2.45) is 0 Å². The zero-order valence-corrected chi connectivity index (χ0v) is 25.9. The lowest BCUT2D eigenvalue weighted by atomic mass is 9.99.